The van der Waals surface area contributed by atoms with E-state index in [1.807, 2.05) is 12.1 Å². The van der Waals surface area contributed by atoms with Gasteiger partial charge in [0.15, 0.2) is 0 Å². The number of nitrogens with zero attached hydrogens (tertiary/aromatic N) is 2. The van der Waals surface area contributed by atoms with Gasteiger partial charge in [0.25, 0.3) is 0 Å². The van der Waals surface area contributed by atoms with Gasteiger partial charge in [0.2, 0.25) is 0 Å². The maximum absolute atomic E-state index is 4.36. The number of aromatic nitrogens is 1. The molecule has 0 unspecified atom stereocenters. The zero-order chi connectivity index (χ0) is 13.4. The molecule has 0 spiro atoms. The molecule has 0 aliphatic heterocycles. The molecular formula is C16H14N2S. The van der Waals surface area contributed by atoms with Gasteiger partial charge in [-0.1, -0.05) is 43.0 Å². The Hall–Kier alpha value is -2.00. The number of hydrogen-bond acceptors (Lipinski definition) is 2. The maximum atomic E-state index is 4.36. The van der Waals surface area contributed by atoms with E-state index in [1.165, 1.54) is 10.8 Å². The van der Waals surface area contributed by atoms with Gasteiger partial charge in [0.05, 0.1) is 11.0 Å². The van der Waals surface area contributed by atoms with Gasteiger partial charge in [-0.05, 0) is 12.1 Å². The normalized spacial score (nSPS) is 12.2. The highest BCUT2D eigenvalue weighted by atomic mass is 32.1. The Bertz CT molecular complexity index is 759. The van der Waals surface area contributed by atoms with Crippen LogP contribution < -0.4 is 0 Å². The van der Waals surface area contributed by atoms with E-state index in [2.05, 4.69) is 65.2 Å². The average Bonchev–Trinajstić information content (AvgIpc) is 2.75. The molecule has 1 heterocycles. The molecule has 0 bridgehead atoms. The largest absolute Gasteiger partial charge is 0.293 e. The summed E-state index contributed by atoms with van der Waals surface area (Å²) in [6.07, 6.45) is 0. The molecule has 19 heavy (non-hydrogen) atoms. The van der Waals surface area contributed by atoms with Crippen LogP contribution in [-0.2, 0) is 0 Å². The van der Waals surface area contributed by atoms with E-state index in [0.717, 1.165) is 16.9 Å². The van der Waals surface area contributed by atoms with Crippen LogP contribution in [-0.4, -0.2) is 17.5 Å². The first kappa shape index (κ1) is 12.1. The highest BCUT2D eigenvalue weighted by Crippen LogP contribution is 2.29. The van der Waals surface area contributed by atoms with E-state index in [9.17, 15) is 0 Å². The van der Waals surface area contributed by atoms with Crippen molar-refractivity contribution in [3.8, 4) is 0 Å². The molecule has 94 valence electrons. The topological polar surface area (TPSA) is 17.3 Å². The lowest BCUT2D eigenvalue weighted by atomic mass is 10.2. The minimum absolute atomic E-state index is 0.661. The Morgan fingerprint density at radius 3 is 1.89 bits per heavy atom. The van der Waals surface area contributed by atoms with Crippen molar-refractivity contribution in [3.05, 3.63) is 60.0 Å². The maximum Gasteiger partial charge on any atom is 0.145 e. The van der Waals surface area contributed by atoms with Crippen LogP contribution >= 0.6 is 12.6 Å². The average molecular weight is 266 g/mol. The van der Waals surface area contributed by atoms with Crippen molar-refractivity contribution < 1.29 is 0 Å². The van der Waals surface area contributed by atoms with Crippen LogP contribution in [0, 0.1) is 0 Å². The highest BCUT2D eigenvalue weighted by Gasteiger charge is 2.13. The zero-order valence-electron chi connectivity index (χ0n) is 10.7. The number of hydrogen-bond donors (Lipinski definition) is 1. The van der Waals surface area contributed by atoms with Crippen molar-refractivity contribution in [1.82, 2.24) is 4.57 Å². The minimum atomic E-state index is 0.661. The second-order valence-corrected chi connectivity index (χ2v) is 4.90. The Morgan fingerprint density at radius 1 is 1.00 bits per heavy atom. The van der Waals surface area contributed by atoms with Crippen molar-refractivity contribution in [3.63, 3.8) is 0 Å². The lowest BCUT2D eigenvalue weighted by Crippen LogP contribution is -2.11. The Kier molecular flexibility index (Phi) is 2.91. The molecule has 0 aliphatic carbocycles. The van der Waals surface area contributed by atoms with Gasteiger partial charge in [-0.3, -0.25) is 9.56 Å². The predicted octanol–water partition coefficient (Wildman–Crippen LogP) is 4.11. The number of aliphatic imine (C=N–C) groups is 1. The molecule has 0 amide bonds. The van der Waals surface area contributed by atoms with Gasteiger partial charge in [-0.15, -0.1) is 12.6 Å². The molecule has 0 N–H and O–H groups in total. The number of para-hydroxylation sites is 2. The van der Waals surface area contributed by atoms with Crippen molar-refractivity contribution in [2.75, 3.05) is 7.05 Å². The molecule has 3 rings (SSSR count). The Morgan fingerprint density at radius 2 is 1.47 bits per heavy atom. The molecule has 0 saturated heterocycles. The smallest absolute Gasteiger partial charge is 0.145 e. The second kappa shape index (κ2) is 4.59. The van der Waals surface area contributed by atoms with Crippen LogP contribution in [0.4, 0.5) is 0 Å². The summed E-state index contributed by atoms with van der Waals surface area (Å²) in [5, 5.41) is 2.43. The molecule has 1 aromatic heterocycles. The van der Waals surface area contributed by atoms with E-state index in [0.29, 0.717) is 4.91 Å². The third kappa shape index (κ3) is 1.78. The van der Waals surface area contributed by atoms with E-state index in [-0.39, 0.29) is 0 Å². The van der Waals surface area contributed by atoms with Gasteiger partial charge < -0.3 is 0 Å². The standard InChI is InChI=1S/C16H14N2S/c1-11(19)16(17-2)18-14-9-5-3-7-12(14)13-8-4-6-10-15(13)18/h3-10,19H,1H2,2H3. The first-order valence-corrected chi connectivity index (χ1v) is 6.52. The Labute approximate surface area is 117 Å². The Balaban J connectivity index is 2.54. The van der Waals surface area contributed by atoms with E-state index in [1.54, 1.807) is 7.05 Å². The molecule has 0 radical (unpaired) electrons. The SMILES string of the molecule is C=C(S)C(=NC)n1c2ccccc2c2ccccc21. The summed E-state index contributed by atoms with van der Waals surface area (Å²) in [5.74, 6) is 0.778. The molecule has 0 fully saturated rings. The summed E-state index contributed by atoms with van der Waals surface area (Å²) in [5.41, 5.74) is 2.25. The summed E-state index contributed by atoms with van der Waals surface area (Å²) >= 11 is 4.36. The zero-order valence-corrected chi connectivity index (χ0v) is 11.6. The van der Waals surface area contributed by atoms with E-state index >= 15 is 0 Å². The first-order chi connectivity index (χ1) is 9.24. The molecule has 0 atom stereocenters. The molecule has 2 nitrogen and oxygen atoms in total. The van der Waals surface area contributed by atoms with Crippen LogP contribution in [0.2, 0.25) is 0 Å². The monoisotopic (exact) mass is 266 g/mol. The van der Waals surface area contributed by atoms with Gasteiger partial charge in [0.1, 0.15) is 5.84 Å². The van der Waals surface area contributed by atoms with Gasteiger partial charge in [-0.2, -0.15) is 0 Å². The van der Waals surface area contributed by atoms with Crippen LogP contribution in [0.3, 0.4) is 0 Å². The number of rotatable bonds is 1. The molecule has 3 aromatic rings. The number of thiol groups is 1. The van der Waals surface area contributed by atoms with Crippen molar-refractivity contribution in [2.24, 2.45) is 4.99 Å². The summed E-state index contributed by atoms with van der Waals surface area (Å²) < 4.78 is 2.11. The third-order valence-electron chi connectivity index (χ3n) is 3.26. The van der Waals surface area contributed by atoms with Crippen LogP contribution in [0.5, 0.6) is 0 Å². The van der Waals surface area contributed by atoms with Gasteiger partial charge in [-0.25, -0.2) is 0 Å². The molecule has 3 heteroatoms. The van der Waals surface area contributed by atoms with Crippen LogP contribution in [0.1, 0.15) is 0 Å². The highest BCUT2D eigenvalue weighted by molar-refractivity contribution is 7.85. The molecule has 0 saturated carbocycles. The fourth-order valence-electron chi connectivity index (χ4n) is 2.51. The molecule has 2 aromatic carbocycles. The third-order valence-corrected chi connectivity index (χ3v) is 3.46. The van der Waals surface area contributed by atoms with E-state index in [4.69, 9.17) is 0 Å². The fraction of sp³-hybridized carbons (Fsp3) is 0.0625. The summed E-state index contributed by atoms with van der Waals surface area (Å²) in [6.45, 7) is 3.91. The van der Waals surface area contributed by atoms with Crippen molar-refractivity contribution in [1.29, 1.82) is 0 Å². The summed E-state index contributed by atoms with van der Waals surface area (Å²) in [7, 11) is 1.76. The summed E-state index contributed by atoms with van der Waals surface area (Å²) in [6, 6.07) is 16.6. The second-order valence-electron chi connectivity index (χ2n) is 4.36. The minimum Gasteiger partial charge on any atom is -0.293 e. The van der Waals surface area contributed by atoms with Crippen LogP contribution in [0.25, 0.3) is 21.8 Å². The lowest BCUT2D eigenvalue weighted by Gasteiger charge is -2.09. The quantitative estimate of drug-likeness (QED) is 0.388. The van der Waals surface area contributed by atoms with Crippen molar-refractivity contribution in [2.45, 2.75) is 0 Å². The number of fused-ring (bicyclic) bond motifs is 3. The lowest BCUT2D eigenvalue weighted by molar-refractivity contribution is 1.24. The number of benzene rings is 2. The summed E-state index contributed by atoms with van der Waals surface area (Å²) in [4.78, 5) is 5.00. The van der Waals surface area contributed by atoms with Crippen LogP contribution in [0.15, 0.2) is 65.0 Å². The molecule has 0 aliphatic rings. The van der Waals surface area contributed by atoms with Gasteiger partial charge >= 0.3 is 0 Å². The first-order valence-electron chi connectivity index (χ1n) is 6.07. The van der Waals surface area contributed by atoms with Crippen molar-refractivity contribution >= 4 is 40.3 Å². The molecular weight excluding hydrogens is 252 g/mol. The fourth-order valence-corrected chi connectivity index (χ4v) is 2.71. The number of allylic oxidation sites excluding steroid dienone is 1. The van der Waals surface area contributed by atoms with E-state index < -0.39 is 0 Å². The van der Waals surface area contributed by atoms with Gasteiger partial charge in [0, 0.05) is 22.7 Å². The predicted molar refractivity (Wildman–Crippen MR) is 86.3 cm³/mol.